The predicted octanol–water partition coefficient (Wildman–Crippen LogP) is 4.13. The molecule has 4 amide bonds. The molecule has 65 heavy (non-hydrogen) atoms. The van der Waals surface area contributed by atoms with Gasteiger partial charge >= 0.3 is 0 Å². The Kier molecular flexibility index (Phi) is 13.5. The van der Waals surface area contributed by atoms with Crippen molar-refractivity contribution in [1.82, 2.24) is 39.4 Å². The highest BCUT2D eigenvalue weighted by atomic mass is 32.2. The standard InChI is InChI=1S/C48H62N10O6S/c1-33-8-9-37(43-32-58-31-38(10-12-44(58)51-43)46(60)50-39-5-3-6-39)29-42(33)53-65(63,64)49-18-23-54-24-26-57(27-25-54)48(62)35-16-19-55(20-17-35)30-34-14-21-56(22-15-34)40-7-2-4-36(28-40)41-11-13-45(59)52-47(41)61/h2,4,7-10,12,28-29,31-32,34-35,39,41,49,53H,3,5-6,11,13-27,30H2,1H3,(H,50,60)(H,52,59,61). The monoisotopic (exact) mass is 906 g/mol. The first kappa shape index (κ1) is 44.8. The second-order valence-corrected chi connectivity index (χ2v) is 20.2. The summed E-state index contributed by atoms with van der Waals surface area (Å²) in [7, 11) is -3.87. The molecule has 2 aromatic carbocycles. The Bertz CT molecular complexity index is 2500. The molecular weight excluding hydrogens is 845 g/mol. The van der Waals surface area contributed by atoms with Crippen LogP contribution in [0.25, 0.3) is 16.9 Å². The summed E-state index contributed by atoms with van der Waals surface area (Å²) < 4.78 is 33.6. The number of carbonyl (C=O) groups excluding carboxylic acids is 4. The van der Waals surface area contributed by atoms with Crippen LogP contribution in [0.5, 0.6) is 0 Å². The van der Waals surface area contributed by atoms with Gasteiger partial charge in [0.2, 0.25) is 17.7 Å². The number of carbonyl (C=O) groups is 4. The highest BCUT2D eigenvalue weighted by Crippen LogP contribution is 2.32. The molecule has 0 radical (unpaired) electrons. The molecule has 5 fully saturated rings. The minimum Gasteiger partial charge on any atom is -0.372 e. The van der Waals surface area contributed by atoms with Crippen LogP contribution in [0.4, 0.5) is 11.4 Å². The molecule has 346 valence electrons. The number of hydrogen-bond donors (Lipinski definition) is 4. The molecule has 4 saturated heterocycles. The summed E-state index contributed by atoms with van der Waals surface area (Å²) in [5, 5.41) is 5.55. The summed E-state index contributed by atoms with van der Waals surface area (Å²) in [6, 6.07) is 17.6. The third kappa shape index (κ3) is 10.9. The number of piperazine rings is 1. The largest absolute Gasteiger partial charge is 0.372 e. The second kappa shape index (κ2) is 19.6. The lowest BCUT2D eigenvalue weighted by atomic mass is 9.89. The van der Waals surface area contributed by atoms with Crippen molar-refractivity contribution >= 4 is 50.9 Å². The molecular formula is C48H62N10O6S. The van der Waals surface area contributed by atoms with Crippen LogP contribution in [0.3, 0.4) is 0 Å². The van der Waals surface area contributed by atoms with Crippen LogP contribution in [0, 0.1) is 18.8 Å². The van der Waals surface area contributed by atoms with Crippen molar-refractivity contribution in [2.75, 3.05) is 81.6 Å². The fraction of sp³-hybridized carbons (Fsp3) is 0.521. The van der Waals surface area contributed by atoms with Gasteiger partial charge in [-0.25, -0.2) is 4.98 Å². The molecule has 1 unspecified atom stereocenters. The number of imide groups is 1. The van der Waals surface area contributed by atoms with Gasteiger partial charge in [0.25, 0.3) is 16.1 Å². The fourth-order valence-electron chi connectivity index (χ4n) is 10.00. The number of aryl methyl sites for hydroxylation is 1. The van der Waals surface area contributed by atoms with Gasteiger partial charge in [0.15, 0.2) is 0 Å². The average molecular weight is 907 g/mol. The van der Waals surface area contributed by atoms with E-state index in [1.54, 1.807) is 18.3 Å². The van der Waals surface area contributed by atoms with Gasteiger partial charge in [-0.1, -0.05) is 24.3 Å². The second-order valence-electron chi connectivity index (χ2n) is 18.7. The number of amides is 4. The molecule has 6 heterocycles. The Labute approximate surface area is 381 Å². The van der Waals surface area contributed by atoms with Crippen molar-refractivity contribution in [3.63, 3.8) is 0 Å². The lowest BCUT2D eigenvalue weighted by Crippen LogP contribution is -2.53. The maximum absolute atomic E-state index is 13.6. The summed E-state index contributed by atoms with van der Waals surface area (Å²) in [5.41, 5.74) is 6.01. The van der Waals surface area contributed by atoms with Crippen molar-refractivity contribution < 1.29 is 27.6 Å². The molecule has 5 aliphatic rings. The highest BCUT2D eigenvalue weighted by molar-refractivity contribution is 7.90. The number of rotatable bonds is 14. The first-order chi connectivity index (χ1) is 31.4. The number of nitrogens with zero attached hydrogens (tertiary/aromatic N) is 6. The van der Waals surface area contributed by atoms with Gasteiger partial charge in [-0.3, -0.25) is 34.1 Å². The number of aromatic nitrogens is 2. The van der Waals surface area contributed by atoms with E-state index in [0.29, 0.717) is 74.1 Å². The number of likely N-dealkylation sites (tertiary alicyclic amines) is 1. The van der Waals surface area contributed by atoms with Crippen molar-refractivity contribution in [2.24, 2.45) is 11.8 Å². The summed E-state index contributed by atoms with van der Waals surface area (Å²) in [5.74, 6) is 0.152. The molecule has 9 rings (SSSR count). The maximum atomic E-state index is 13.6. The molecule has 2 aromatic heterocycles. The van der Waals surface area contributed by atoms with E-state index in [0.717, 1.165) is 100 Å². The lowest BCUT2D eigenvalue weighted by Gasteiger charge is -2.40. The summed E-state index contributed by atoms with van der Waals surface area (Å²) in [6.07, 6.45) is 11.7. The highest BCUT2D eigenvalue weighted by Gasteiger charge is 2.33. The number of piperidine rings is 3. The maximum Gasteiger partial charge on any atom is 0.299 e. The summed E-state index contributed by atoms with van der Waals surface area (Å²) in [4.78, 5) is 64.3. The van der Waals surface area contributed by atoms with Crippen LogP contribution in [0.2, 0.25) is 0 Å². The zero-order chi connectivity index (χ0) is 45.1. The van der Waals surface area contributed by atoms with Crippen LogP contribution in [-0.2, 0) is 24.6 Å². The van der Waals surface area contributed by atoms with Gasteiger partial charge in [0, 0.05) is 101 Å². The molecule has 1 aliphatic carbocycles. The van der Waals surface area contributed by atoms with Gasteiger partial charge in [0.1, 0.15) is 5.65 Å². The minimum absolute atomic E-state index is 0.0474. The first-order valence-corrected chi connectivity index (χ1v) is 25.0. The van der Waals surface area contributed by atoms with Gasteiger partial charge in [-0.2, -0.15) is 13.1 Å². The molecule has 4 N–H and O–H groups in total. The van der Waals surface area contributed by atoms with Crippen molar-refractivity contribution in [2.45, 2.75) is 76.7 Å². The first-order valence-electron chi connectivity index (χ1n) is 23.5. The Hall–Kier alpha value is -5.36. The Morgan fingerprint density at radius 3 is 2.35 bits per heavy atom. The third-order valence-electron chi connectivity index (χ3n) is 14.3. The summed E-state index contributed by atoms with van der Waals surface area (Å²) in [6.45, 7) is 10.2. The average Bonchev–Trinajstić information content (AvgIpc) is 3.73. The molecule has 0 bridgehead atoms. The van der Waals surface area contributed by atoms with Gasteiger partial charge < -0.3 is 24.4 Å². The quantitative estimate of drug-likeness (QED) is 0.135. The minimum atomic E-state index is -3.87. The van der Waals surface area contributed by atoms with Crippen molar-refractivity contribution in [3.05, 3.63) is 83.7 Å². The normalized spacial score (nSPS) is 21.0. The van der Waals surface area contributed by atoms with E-state index in [-0.39, 0.29) is 48.1 Å². The number of pyridine rings is 1. The van der Waals surface area contributed by atoms with E-state index in [9.17, 15) is 27.6 Å². The van der Waals surface area contributed by atoms with E-state index >= 15 is 0 Å². The Balaban J connectivity index is 0.675. The van der Waals surface area contributed by atoms with E-state index in [1.165, 1.54) is 0 Å². The Morgan fingerprint density at radius 1 is 0.831 bits per heavy atom. The predicted molar refractivity (Wildman–Crippen MR) is 250 cm³/mol. The molecule has 1 saturated carbocycles. The van der Waals surface area contributed by atoms with Crippen LogP contribution in [-0.4, -0.2) is 134 Å². The topological polar surface area (TPSA) is 181 Å². The van der Waals surface area contributed by atoms with E-state index in [2.05, 4.69) is 46.9 Å². The van der Waals surface area contributed by atoms with Crippen molar-refractivity contribution in [3.8, 4) is 11.3 Å². The lowest BCUT2D eigenvalue weighted by molar-refractivity contribution is -0.139. The molecule has 17 heteroatoms. The van der Waals surface area contributed by atoms with E-state index in [1.807, 2.05) is 52.8 Å². The number of anilines is 2. The Morgan fingerprint density at radius 2 is 1.62 bits per heavy atom. The van der Waals surface area contributed by atoms with E-state index in [4.69, 9.17) is 4.98 Å². The number of benzene rings is 2. The number of hydrogen-bond acceptors (Lipinski definition) is 10. The van der Waals surface area contributed by atoms with E-state index < -0.39 is 10.2 Å². The zero-order valence-corrected chi connectivity index (χ0v) is 38.2. The van der Waals surface area contributed by atoms with Crippen LogP contribution in [0.1, 0.15) is 85.2 Å². The molecule has 16 nitrogen and oxygen atoms in total. The third-order valence-corrected chi connectivity index (χ3v) is 15.4. The number of fused-ring (bicyclic) bond motifs is 1. The number of imidazole rings is 1. The fourth-order valence-corrected chi connectivity index (χ4v) is 10.9. The summed E-state index contributed by atoms with van der Waals surface area (Å²) >= 11 is 0. The molecule has 0 spiro atoms. The zero-order valence-electron chi connectivity index (χ0n) is 37.3. The van der Waals surface area contributed by atoms with Gasteiger partial charge in [0.05, 0.1) is 22.9 Å². The SMILES string of the molecule is Cc1ccc(-c2cn3cc(C(=O)NC4CCC4)ccc3n2)cc1NS(=O)(=O)NCCN1CCN(C(=O)C2CCN(CC3CCN(c4cccc(C5CCC(=O)NC5=O)c4)CC3)CC2)CC1. The smallest absolute Gasteiger partial charge is 0.299 e. The van der Waals surface area contributed by atoms with Gasteiger partial charge in [-0.05, 0) is 119 Å². The van der Waals surface area contributed by atoms with Gasteiger partial charge in [-0.15, -0.1) is 0 Å². The molecule has 1 atom stereocenters. The van der Waals surface area contributed by atoms with Crippen LogP contribution in [0.15, 0.2) is 67.0 Å². The molecule has 4 aromatic rings. The van der Waals surface area contributed by atoms with Crippen LogP contribution < -0.4 is 25.0 Å². The van der Waals surface area contributed by atoms with Crippen LogP contribution >= 0.6 is 0 Å². The van der Waals surface area contributed by atoms with Crippen molar-refractivity contribution in [1.29, 1.82) is 0 Å². The number of nitrogens with one attached hydrogen (secondary N) is 4. The molecule has 4 aliphatic heterocycles.